The zero-order chi connectivity index (χ0) is 22.5. The lowest BCUT2D eigenvalue weighted by Gasteiger charge is -2.43. The van der Waals surface area contributed by atoms with Gasteiger partial charge in [0.15, 0.2) is 0 Å². The predicted molar refractivity (Wildman–Crippen MR) is 114 cm³/mol. The van der Waals surface area contributed by atoms with Gasteiger partial charge >= 0.3 is 5.63 Å². The van der Waals surface area contributed by atoms with Crippen molar-refractivity contribution in [2.45, 2.75) is 32.7 Å². The number of fused-ring (bicyclic) bond motifs is 2. The lowest BCUT2D eigenvalue weighted by atomic mass is 9.88. The summed E-state index contributed by atoms with van der Waals surface area (Å²) >= 11 is 0. The van der Waals surface area contributed by atoms with Crippen molar-refractivity contribution in [1.82, 2.24) is 0 Å². The fraction of sp³-hybridized carbons (Fsp3) is 0.421. The summed E-state index contributed by atoms with van der Waals surface area (Å²) in [6.07, 6.45) is 1.83. The Balaban J connectivity index is 2.19. The highest BCUT2D eigenvalue weighted by atomic mass is 32.2. The van der Waals surface area contributed by atoms with Gasteiger partial charge in [-0.25, -0.2) is 4.79 Å². The molecule has 2 N–H and O–H groups in total. The summed E-state index contributed by atoms with van der Waals surface area (Å²) < 4.78 is 69.2. The summed E-state index contributed by atoms with van der Waals surface area (Å²) in [4.78, 5) is 13.8. The molecular formula is C19H23NO8S2. The number of hydrogen-bond donors (Lipinski definition) is 2. The fourth-order valence-corrected chi connectivity index (χ4v) is 4.89. The molecule has 0 amide bonds. The number of anilines is 1. The van der Waals surface area contributed by atoms with E-state index in [1.54, 1.807) is 31.2 Å². The summed E-state index contributed by atoms with van der Waals surface area (Å²) in [6.45, 7) is 5.45. The molecule has 0 bridgehead atoms. The van der Waals surface area contributed by atoms with E-state index >= 15 is 0 Å². The molecule has 0 saturated heterocycles. The summed E-state index contributed by atoms with van der Waals surface area (Å²) in [5.74, 6) is -1.03. The summed E-state index contributed by atoms with van der Waals surface area (Å²) in [7, 11) is -8.44. The van der Waals surface area contributed by atoms with Crippen molar-refractivity contribution in [2.24, 2.45) is 0 Å². The van der Waals surface area contributed by atoms with Crippen LogP contribution in [0, 0.1) is 6.92 Å². The number of benzene rings is 1. The molecule has 1 aliphatic rings. The summed E-state index contributed by atoms with van der Waals surface area (Å²) in [5, 5.41) is 0.588. The van der Waals surface area contributed by atoms with Crippen LogP contribution in [0.2, 0.25) is 0 Å². The molecule has 11 heteroatoms. The van der Waals surface area contributed by atoms with Crippen molar-refractivity contribution in [3.05, 3.63) is 45.8 Å². The molecule has 0 unspecified atom stereocenters. The molecule has 0 saturated carbocycles. The molecule has 3 rings (SSSR count). The Kier molecular flexibility index (Phi) is 5.61. The molecule has 1 aromatic heterocycles. The predicted octanol–water partition coefficient (Wildman–Crippen LogP) is 2.25. The largest absolute Gasteiger partial charge is 0.422 e. The number of hydrogen-bond acceptors (Lipinski definition) is 7. The maximum Gasteiger partial charge on any atom is 0.339 e. The average Bonchev–Trinajstić information content (AvgIpc) is 2.55. The van der Waals surface area contributed by atoms with Gasteiger partial charge in [0, 0.05) is 34.8 Å². The SMILES string of the molecule is Cc1cc2cc3c(cc2oc1=O)N(CCCS(=O)(=O)O)C(C)(C)C=C3CS(=O)(=O)O. The average molecular weight is 458 g/mol. The Morgan fingerprint density at radius 1 is 1.07 bits per heavy atom. The second kappa shape index (κ2) is 7.49. The van der Waals surface area contributed by atoms with Crippen LogP contribution in [0.25, 0.3) is 16.5 Å². The maximum absolute atomic E-state index is 11.9. The van der Waals surface area contributed by atoms with Crippen LogP contribution < -0.4 is 10.5 Å². The molecule has 0 fully saturated rings. The molecule has 0 aliphatic carbocycles. The van der Waals surface area contributed by atoms with Crippen LogP contribution in [0.5, 0.6) is 0 Å². The maximum atomic E-state index is 11.9. The second-order valence-corrected chi connectivity index (χ2v) is 11.0. The fourth-order valence-electron chi connectivity index (χ4n) is 3.76. The highest BCUT2D eigenvalue weighted by Crippen LogP contribution is 2.41. The quantitative estimate of drug-likeness (QED) is 0.493. The Hall–Kier alpha value is -2.21. The first-order valence-corrected chi connectivity index (χ1v) is 12.4. The third-order valence-electron chi connectivity index (χ3n) is 5.01. The molecule has 2 aromatic rings. The van der Waals surface area contributed by atoms with Crippen molar-refractivity contribution < 1.29 is 30.4 Å². The molecule has 164 valence electrons. The van der Waals surface area contributed by atoms with Gasteiger partial charge in [0.25, 0.3) is 20.2 Å². The van der Waals surface area contributed by atoms with Crippen molar-refractivity contribution in [3.63, 3.8) is 0 Å². The first-order chi connectivity index (χ1) is 13.7. The summed E-state index contributed by atoms with van der Waals surface area (Å²) in [5.41, 5.74) is 0.899. The molecular weight excluding hydrogens is 434 g/mol. The van der Waals surface area contributed by atoms with Gasteiger partial charge in [-0.3, -0.25) is 9.11 Å². The van der Waals surface area contributed by atoms with E-state index in [1.165, 1.54) is 0 Å². The zero-order valence-corrected chi connectivity index (χ0v) is 18.4. The van der Waals surface area contributed by atoms with E-state index in [-0.39, 0.29) is 13.0 Å². The molecule has 1 aliphatic heterocycles. The van der Waals surface area contributed by atoms with Gasteiger partial charge in [0.1, 0.15) is 11.3 Å². The standard InChI is InChI=1S/C19H23NO8S2/c1-12-7-13-8-15-14(11-30(25,26)27)10-19(2,3)20(5-4-6-29(22,23)24)16(15)9-17(13)28-18(12)21/h7-10H,4-6,11H2,1-3H3,(H,22,23,24)(H,25,26,27). The normalized spacial score (nSPS) is 16.4. The van der Waals surface area contributed by atoms with Gasteiger partial charge in [-0.05, 0) is 44.9 Å². The Bertz CT molecular complexity index is 1300. The van der Waals surface area contributed by atoms with Crippen molar-refractivity contribution in [3.8, 4) is 0 Å². The molecule has 0 atom stereocenters. The lowest BCUT2D eigenvalue weighted by molar-refractivity contribution is 0.476. The lowest BCUT2D eigenvalue weighted by Crippen LogP contribution is -2.46. The third-order valence-corrected chi connectivity index (χ3v) is 6.49. The number of nitrogens with zero attached hydrogens (tertiary/aromatic N) is 1. The minimum absolute atomic E-state index is 0.124. The minimum Gasteiger partial charge on any atom is -0.422 e. The van der Waals surface area contributed by atoms with Crippen LogP contribution in [0.4, 0.5) is 5.69 Å². The topological polar surface area (TPSA) is 142 Å². The number of aryl methyl sites for hydroxylation is 1. The zero-order valence-electron chi connectivity index (χ0n) is 16.7. The highest BCUT2D eigenvalue weighted by molar-refractivity contribution is 7.86. The third kappa shape index (κ3) is 4.91. The van der Waals surface area contributed by atoms with Crippen LogP contribution in [0.1, 0.15) is 31.4 Å². The van der Waals surface area contributed by atoms with Gasteiger partial charge in [0.05, 0.1) is 11.3 Å². The van der Waals surface area contributed by atoms with Crippen LogP contribution in [-0.4, -0.2) is 49.5 Å². The van der Waals surface area contributed by atoms with Crippen LogP contribution in [0.15, 0.2) is 33.5 Å². The summed E-state index contributed by atoms with van der Waals surface area (Å²) in [6, 6.07) is 4.93. The van der Waals surface area contributed by atoms with Gasteiger partial charge in [-0.1, -0.05) is 6.08 Å². The molecule has 1 aromatic carbocycles. The van der Waals surface area contributed by atoms with Crippen LogP contribution in [-0.2, 0) is 20.2 Å². The molecule has 9 nitrogen and oxygen atoms in total. The Labute approximate surface area is 174 Å². The Morgan fingerprint density at radius 3 is 2.33 bits per heavy atom. The van der Waals surface area contributed by atoms with Crippen LogP contribution >= 0.6 is 0 Å². The molecule has 0 radical (unpaired) electrons. The van der Waals surface area contributed by atoms with Gasteiger partial charge in [0.2, 0.25) is 0 Å². The van der Waals surface area contributed by atoms with E-state index in [0.29, 0.717) is 33.4 Å². The van der Waals surface area contributed by atoms with E-state index in [0.717, 1.165) is 0 Å². The minimum atomic E-state index is -4.31. The van der Waals surface area contributed by atoms with E-state index in [4.69, 9.17) is 8.97 Å². The number of rotatable bonds is 6. The Morgan fingerprint density at radius 2 is 1.73 bits per heavy atom. The van der Waals surface area contributed by atoms with E-state index in [1.807, 2.05) is 18.7 Å². The van der Waals surface area contributed by atoms with Crippen molar-refractivity contribution in [1.29, 1.82) is 0 Å². The highest BCUT2D eigenvalue weighted by Gasteiger charge is 2.34. The first-order valence-electron chi connectivity index (χ1n) is 9.15. The molecule has 2 heterocycles. The van der Waals surface area contributed by atoms with Gasteiger partial charge in [-0.2, -0.15) is 16.8 Å². The van der Waals surface area contributed by atoms with Gasteiger partial charge < -0.3 is 9.32 Å². The molecule has 30 heavy (non-hydrogen) atoms. The monoisotopic (exact) mass is 457 g/mol. The van der Waals surface area contributed by atoms with Crippen LogP contribution in [0.3, 0.4) is 0 Å². The first kappa shape index (κ1) is 22.5. The van der Waals surface area contributed by atoms with Crippen molar-refractivity contribution >= 4 is 42.5 Å². The van der Waals surface area contributed by atoms with E-state index in [2.05, 4.69) is 0 Å². The second-order valence-electron chi connectivity index (χ2n) is 7.96. The van der Waals surface area contributed by atoms with E-state index in [9.17, 15) is 26.2 Å². The molecule has 0 spiro atoms. The van der Waals surface area contributed by atoms with Crippen molar-refractivity contribution in [2.75, 3.05) is 23.0 Å². The van der Waals surface area contributed by atoms with E-state index < -0.39 is 42.9 Å². The smallest absolute Gasteiger partial charge is 0.339 e. The van der Waals surface area contributed by atoms with Gasteiger partial charge in [-0.15, -0.1) is 0 Å².